The van der Waals surface area contributed by atoms with E-state index in [9.17, 15) is 14.7 Å². The van der Waals surface area contributed by atoms with E-state index < -0.39 is 0 Å². The topological polar surface area (TPSA) is 81.4 Å². The summed E-state index contributed by atoms with van der Waals surface area (Å²) >= 11 is 6.54. The van der Waals surface area contributed by atoms with E-state index in [-0.39, 0.29) is 18.1 Å². The molecule has 1 N–H and O–H groups in total. The van der Waals surface area contributed by atoms with Gasteiger partial charge in [-0.3, -0.25) is 23.8 Å². The van der Waals surface area contributed by atoms with Gasteiger partial charge in [0.1, 0.15) is 15.8 Å². The fourth-order valence-corrected chi connectivity index (χ4v) is 5.26. The van der Waals surface area contributed by atoms with Crippen molar-refractivity contribution in [3.05, 3.63) is 44.7 Å². The molecule has 10 heteroatoms. The highest BCUT2D eigenvalue weighted by Gasteiger charge is 2.32. The number of thiocarbonyl (C=S) groups is 1. The first kappa shape index (κ1) is 21.9. The van der Waals surface area contributed by atoms with Crippen LogP contribution in [0.4, 0.5) is 5.82 Å². The number of likely N-dealkylation sites (N-methyl/N-ethyl adjacent to an activating group) is 1. The molecule has 2 aromatic heterocycles. The Morgan fingerprint density at radius 2 is 2.00 bits per heavy atom. The minimum atomic E-state index is -0.205. The number of nitrogens with zero attached hydrogens (tertiary/aromatic N) is 5. The zero-order chi connectivity index (χ0) is 22.1. The molecule has 8 nitrogen and oxygen atoms in total. The van der Waals surface area contributed by atoms with Gasteiger partial charge in [-0.1, -0.05) is 30.0 Å². The van der Waals surface area contributed by atoms with Gasteiger partial charge in [0.2, 0.25) is 0 Å². The van der Waals surface area contributed by atoms with Crippen LogP contribution >= 0.6 is 24.0 Å². The monoisotopic (exact) mass is 459 g/mol. The molecule has 0 bridgehead atoms. The van der Waals surface area contributed by atoms with Crippen LogP contribution < -0.4 is 10.5 Å². The molecule has 2 aromatic rings. The number of carbonyl (C=O) groups excluding carboxylic acids is 1. The molecule has 0 aromatic carbocycles. The Kier molecular flexibility index (Phi) is 6.42. The molecule has 0 radical (unpaired) electrons. The minimum absolute atomic E-state index is 0.124. The SMILES string of the molecule is CCN1C(=O)/C(=C\c2c(N3CCN(CCO)CC3)nc3c(C)cccn3c2=O)SC1=S. The van der Waals surface area contributed by atoms with Crippen molar-refractivity contribution in [1.82, 2.24) is 19.2 Å². The number of aliphatic hydroxyl groups is 1. The van der Waals surface area contributed by atoms with E-state index in [1.165, 1.54) is 21.1 Å². The van der Waals surface area contributed by atoms with E-state index in [4.69, 9.17) is 17.2 Å². The quantitative estimate of drug-likeness (QED) is 0.530. The Balaban J connectivity index is 1.82. The van der Waals surface area contributed by atoms with Crippen molar-refractivity contribution < 1.29 is 9.90 Å². The van der Waals surface area contributed by atoms with Crippen molar-refractivity contribution in [2.75, 3.05) is 50.8 Å². The zero-order valence-corrected chi connectivity index (χ0v) is 19.2. The number of anilines is 1. The molecule has 2 aliphatic rings. The Morgan fingerprint density at radius 3 is 2.65 bits per heavy atom. The lowest BCUT2D eigenvalue weighted by molar-refractivity contribution is -0.121. The molecule has 2 saturated heterocycles. The third-order valence-corrected chi connectivity index (χ3v) is 7.00. The number of hydrogen-bond acceptors (Lipinski definition) is 8. The largest absolute Gasteiger partial charge is 0.395 e. The van der Waals surface area contributed by atoms with Crippen LogP contribution in [0.1, 0.15) is 18.1 Å². The standard InChI is InChI=1S/C21H25N5O3S2/c1-3-25-20(29)16(31-21(25)30)13-15-18(24-9-7-23(8-10-24)11-12-27)22-17-14(2)5-4-6-26(17)19(15)28/h4-6,13,27H,3,7-12H2,1-2H3/b16-13+. The van der Waals surface area contributed by atoms with Gasteiger partial charge in [-0.05, 0) is 31.6 Å². The molecule has 4 rings (SSSR count). The van der Waals surface area contributed by atoms with E-state index in [0.717, 1.165) is 18.7 Å². The second kappa shape index (κ2) is 9.07. The second-order valence-electron chi connectivity index (χ2n) is 7.52. The maximum atomic E-state index is 13.5. The van der Waals surface area contributed by atoms with Gasteiger partial charge in [0.15, 0.2) is 0 Å². The molecule has 0 spiro atoms. The summed E-state index contributed by atoms with van der Waals surface area (Å²) in [5.41, 5.74) is 1.71. The molecule has 4 heterocycles. The number of piperazine rings is 1. The number of hydrogen-bond donors (Lipinski definition) is 1. The van der Waals surface area contributed by atoms with Crippen LogP contribution in [0.3, 0.4) is 0 Å². The number of aryl methyl sites for hydroxylation is 1. The maximum absolute atomic E-state index is 13.5. The van der Waals surface area contributed by atoms with E-state index in [1.807, 2.05) is 26.0 Å². The molecule has 31 heavy (non-hydrogen) atoms. The smallest absolute Gasteiger partial charge is 0.267 e. The number of fused-ring (bicyclic) bond motifs is 1. The third-order valence-electron chi connectivity index (χ3n) is 5.62. The van der Waals surface area contributed by atoms with Gasteiger partial charge in [-0.25, -0.2) is 4.98 Å². The Hall–Kier alpha value is -2.27. The minimum Gasteiger partial charge on any atom is -0.395 e. The summed E-state index contributed by atoms with van der Waals surface area (Å²) in [5.74, 6) is 0.412. The van der Waals surface area contributed by atoms with Gasteiger partial charge in [-0.2, -0.15) is 0 Å². The van der Waals surface area contributed by atoms with Gasteiger partial charge < -0.3 is 10.0 Å². The van der Waals surface area contributed by atoms with Crippen LogP contribution in [0.15, 0.2) is 28.0 Å². The summed E-state index contributed by atoms with van der Waals surface area (Å²) in [6.07, 6.45) is 3.35. The molecule has 0 atom stereocenters. The summed E-state index contributed by atoms with van der Waals surface area (Å²) < 4.78 is 2.04. The third kappa shape index (κ3) is 4.12. The van der Waals surface area contributed by atoms with Gasteiger partial charge in [-0.15, -0.1) is 0 Å². The highest BCUT2D eigenvalue weighted by molar-refractivity contribution is 8.26. The van der Waals surface area contributed by atoms with Crippen LogP contribution in [-0.2, 0) is 4.79 Å². The predicted octanol–water partition coefficient (Wildman–Crippen LogP) is 1.34. The van der Waals surface area contributed by atoms with Crippen LogP contribution in [0, 0.1) is 6.92 Å². The molecule has 0 saturated carbocycles. The van der Waals surface area contributed by atoms with E-state index >= 15 is 0 Å². The van der Waals surface area contributed by atoms with E-state index in [1.54, 1.807) is 12.3 Å². The average molecular weight is 460 g/mol. The Morgan fingerprint density at radius 1 is 1.26 bits per heavy atom. The lowest BCUT2D eigenvalue weighted by atomic mass is 10.2. The number of carbonyl (C=O) groups is 1. The van der Waals surface area contributed by atoms with Crippen molar-refractivity contribution in [2.24, 2.45) is 0 Å². The predicted molar refractivity (Wildman–Crippen MR) is 127 cm³/mol. The van der Waals surface area contributed by atoms with Crippen LogP contribution in [-0.4, -0.2) is 80.4 Å². The molecule has 1 amide bonds. The first-order valence-electron chi connectivity index (χ1n) is 10.3. The summed E-state index contributed by atoms with van der Waals surface area (Å²) in [4.78, 5) is 37.4. The van der Waals surface area contributed by atoms with E-state index in [0.29, 0.717) is 52.4 Å². The number of rotatable bonds is 5. The second-order valence-corrected chi connectivity index (χ2v) is 9.19. The van der Waals surface area contributed by atoms with Crippen molar-refractivity contribution in [1.29, 1.82) is 0 Å². The number of thioether (sulfide) groups is 1. The fraction of sp³-hybridized carbons (Fsp3) is 0.429. The van der Waals surface area contributed by atoms with Crippen LogP contribution in [0.2, 0.25) is 0 Å². The summed E-state index contributed by atoms with van der Waals surface area (Å²) in [6.45, 7) is 7.97. The van der Waals surface area contributed by atoms with Gasteiger partial charge in [0.05, 0.1) is 17.1 Å². The van der Waals surface area contributed by atoms with E-state index in [2.05, 4.69) is 9.80 Å². The summed E-state index contributed by atoms with van der Waals surface area (Å²) in [7, 11) is 0. The number of pyridine rings is 1. The number of aliphatic hydroxyl groups excluding tert-OH is 1. The van der Waals surface area contributed by atoms with Gasteiger partial charge in [0, 0.05) is 45.5 Å². The lowest BCUT2D eigenvalue weighted by Crippen LogP contribution is -2.48. The van der Waals surface area contributed by atoms with Crippen LogP contribution in [0.25, 0.3) is 11.7 Å². The normalized spacial score (nSPS) is 19.3. The summed E-state index contributed by atoms with van der Waals surface area (Å²) in [5, 5.41) is 9.21. The Bertz CT molecular complexity index is 1120. The summed E-state index contributed by atoms with van der Waals surface area (Å²) in [6, 6.07) is 3.75. The van der Waals surface area contributed by atoms with Crippen LogP contribution in [0.5, 0.6) is 0 Å². The van der Waals surface area contributed by atoms with Crippen molar-refractivity contribution in [3.63, 3.8) is 0 Å². The average Bonchev–Trinajstić information content (AvgIpc) is 3.03. The molecule has 2 fully saturated rings. The maximum Gasteiger partial charge on any atom is 0.267 e. The van der Waals surface area contributed by atoms with Crippen molar-refractivity contribution in [3.8, 4) is 0 Å². The fourth-order valence-electron chi connectivity index (χ4n) is 3.90. The molecular formula is C21H25N5O3S2. The molecule has 0 unspecified atom stereocenters. The van der Waals surface area contributed by atoms with Crippen molar-refractivity contribution >= 4 is 51.7 Å². The zero-order valence-electron chi connectivity index (χ0n) is 17.6. The lowest BCUT2D eigenvalue weighted by Gasteiger charge is -2.35. The molecule has 2 aliphatic heterocycles. The Labute approximate surface area is 190 Å². The number of amides is 1. The number of aromatic nitrogens is 2. The van der Waals surface area contributed by atoms with Crippen molar-refractivity contribution in [2.45, 2.75) is 13.8 Å². The first-order chi connectivity index (χ1) is 14.9. The highest BCUT2D eigenvalue weighted by atomic mass is 32.2. The first-order valence-corrected chi connectivity index (χ1v) is 11.5. The number of β-amino-alcohol motifs (C(OH)–C–C–N with tert-alkyl or cyclic N) is 1. The molecular weight excluding hydrogens is 434 g/mol. The molecule has 0 aliphatic carbocycles. The van der Waals surface area contributed by atoms with Gasteiger partial charge >= 0.3 is 0 Å². The van der Waals surface area contributed by atoms with Gasteiger partial charge in [0.25, 0.3) is 11.5 Å². The highest BCUT2D eigenvalue weighted by Crippen LogP contribution is 2.33. The molecule has 164 valence electrons.